The Bertz CT molecular complexity index is 2290. The molecule has 8 rings (SSSR count). The van der Waals surface area contributed by atoms with E-state index < -0.39 is 193 Å². The maximum atomic E-state index is 13.6. The van der Waals surface area contributed by atoms with Gasteiger partial charge in [-0.25, -0.2) is 9.59 Å². The maximum Gasteiger partial charge on any atom is 0.335 e. The standard InChI is InChI=1S/C55H86O24/c1-10-23(2)46(71)79-44-43(68)50(4,5)17-26-25-11-12-30-51(6)15-14-32(52(7,21-58)29(51)13-16-53(30,8)54(25,9)18-31(60)55(26,44)22-72-24(3)59)75-49-41(77-48-38(66)36(64)34(62)28(20-57)74-48)39(67)40(42(78-49)45(69)70)76-47-37(65)35(63)33(61)27(19-56)73-47/h10-11,26-44,47-49,56-58,60-68H,12-22H2,1-9H3,(H,69,70)/b23-10-/t26-,27+,28+,29+,30+,31+,32-,33+,34+,35-,36-,37+,38+,39-,40-,41+,42-,43-,44-,47-,48-,49+,51-,52+,53+,54+,55-/m0/s1. The molecular formula is C55H86O24. The molecule has 450 valence electrons. The molecule has 3 heterocycles. The minimum atomic E-state index is -2.18. The minimum Gasteiger partial charge on any atom is -0.479 e. The summed E-state index contributed by atoms with van der Waals surface area (Å²) in [6.45, 7) is 14.3. The van der Waals surface area contributed by atoms with Crippen molar-refractivity contribution in [1.82, 2.24) is 0 Å². The number of aliphatic carboxylic acids is 1. The van der Waals surface area contributed by atoms with Crippen LogP contribution in [-0.4, -0.2) is 227 Å². The van der Waals surface area contributed by atoms with Gasteiger partial charge in [0.2, 0.25) is 0 Å². The Morgan fingerprint density at radius 2 is 1.28 bits per heavy atom. The van der Waals surface area contributed by atoms with E-state index in [4.69, 9.17) is 37.9 Å². The lowest BCUT2D eigenvalue weighted by Gasteiger charge is -2.72. The normalized spacial score (nSPS) is 50.6. The molecule has 0 amide bonds. The van der Waals surface area contributed by atoms with Gasteiger partial charge in [0.25, 0.3) is 0 Å². The van der Waals surface area contributed by atoms with E-state index in [0.717, 1.165) is 5.57 Å². The van der Waals surface area contributed by atoms with Gasteiger partial charge < -0.3 is 104 Å². The summed E-state index contributed by atoms with van der Waals surface area (Å²) in [6, 6.07) is 0. The summed E-state index contributed by atoms with van der Waals surface area (Å²) in [7, 11) is 0. The van der Waals surface area contributed by atoms with Gasteiger partial charge in [-0.05, 0) is 98.2 Å². The Balaban J connectivity index is 1.13. The molecule has 13 N–H and O–H groups in total. The van der Waals surface area contributed by atoms with E-state index in [1.165, 1.54) is 6.92 Å². The number of rotatable bonds is 14. The first-order valence-electron chi connectivity index (χ1n) is 27.7. The molecule has 0 aromatic heterocycles. The molecule has 0 unspecified atom stereocenters. The monoisotopic (exact) mass is 1130 g/mol. The predicted octanol–water partition coefficient (Wildman–Crippen LogP) is -1.32. The Labute approximate surface area is 459 Å². The first-order chi connectivity index (χ1) is 36.9. The van der Waals surface area contributed by atoms with Crippen molar-refractivity contribution in [1.29, 1.82) is 0 Å². The summed E-state index contributed by atoms with van der Waals surface area (Å²) in [4.78, 5) is 39.3. The summed E-state index contributed by atoms with van der Waals surface area (Å²) in [5.74, 6) is -3.90. The zero-order valence-corrected chi connectivity index (χ0v) is 46.4. The van der Waals surface area contributed by atoms with Crippen LogP contribution in [0.1, 0.15) is 107 Å². The molecule has 4 saturated carbocycles. The van der Waals surface area contributed by atoms with Gasteiger partial charge >= 0.3 is 17.9 Å². The fourth-order valence-electron chi connectivity index (χ4n) is 16.1. The summed E-state index contributed by atoms with van der Waals surface area (Å²) < 4.78 is 47.9. The maximum absolute atomic E-state index is 13.6. The van der Waals surface area contributed by atoms with Crippen LogP contribution in [0.25, 0.3) is 0 Å². The van der Waals surface area contributed by atoms with Crippen LogP contribution < -0.4 is 0 Å². The molecule has 3 saturated heterocycles. The van der Waals surface area contributed by atoms with Gasteiger partial charge in [0.15, 0.2) is 25.0 Å². The fourth-order valence-corrected chi connectivity index (χ4v) is 16.1. The number of aliphatic hydroxyl groups is 12. The van der Waals surface area contributed by atoms with Crippen molar-refractivity contribution in [3.63, 3.8) is 0 Å². The second-order valence-electron chi connectivity index (χ2n) is 25.6. The molecule has 0 radical (unpaired) electrons. The highest BCUT2D eigenvalue weighted by molar-refractivity contribution is 5.87. The number of hydrogen-bond donors (Lipinski definition) is 13. The Morgan fingerprint density at radius 1 is 0.696 bits per heavy atom. The Morgan fingerprint density at radius 3 is 1.81 bits per heavy atom. The van der Waals surface area contributed by atoms with Crippen LogP contribution in [0.4, 0.5) is 0 Å². The molecule has 27 atom stereocenters. The van der Waals surface area contributed by atoms with Gasteiger partial charge in [-0.1, -0.05) is 59.3 Å². The van der Waals surface area contributed by atoms with Crippen LogP contribution in [0.3, 0.4) is 0 Å². The predicted molar refractivity (Wildman–Crippen MR) is 269 cm³/mol. The van der Waals surface area contributed by atoms with Gasteiger partial charge in [-0.3, -0.25) is 4.79 Å². The van der Waals surface area contributed by atoms with Gasteiger partial charge in [-0.2, -0.15) is 0 Å². The molecule has 79 heavy (non-hydrogen) atoms. The smallest absolute Gasteiger partial charge is 0.335 e. The molecule has 24 heteroatoms. The fraction of sp³-hybridized carbons (Fsp3) is 0.873. The number of carbonyl (C=O) groups is 3. The zero-order chi connectivity index (χ0) is 58.4. The summed E-state index contributed by atoms with van der Waals surface area (Å²) in [5, 5.41) is 144. The topological polar surface area (TPSA) is 388 Å². The first kappa shape index (κ1) is 62.2. The van der Waals surface area contributed by atoms with E-state index >= 15 is 0 Å². The molecule has 8 aliphatic rings. The number of hydrogen-bond acceptors (Lipinski definition) is 23. The SMILES string of the molecule is C/C=C(/C)C(=O)O[C@H]1[C@H](O)C(C)(C)C[C@H]2C3=CC[C@@H]4[C@@]5(C)CC[C@H](O[C@@H]6O[C@H](C(=O)O)[C@@H](O[C@@H]7O[C@H](CO)[C@@H](O)[C@H](O)[C@H]7O)[C@H](O)[C@H]6O[C@@H]6O[C@H](CO)[C@@H](O)[C@H](O)[C@H]6O)[C@](C)(CO)[C@@H]5CC[C@@]4(C)[C@]3(C)C[C@@H](O)[C@]21COC(C)=O. The largest absolute Gasteiger partial charge is 0.479 e. The Kier molecular flexibility index (Phi) is 17.8. The van der Waals surface area contributed by atoms with Gasteiger partial charge in [0.05, 0.1) is 43.5 Å². The number of ether oxygens (including phenoxy) is 8. The third-order valence-corrected chi connectivity index (χ3v) is 21.1. The van der Waals surface area contributed by atoms with Crippen molar-refractivity contribution >= 4 is 17.9 Å². The lowest BCUT2D eigenvalue weighted by atomic mass is 9.33. The van der Waals surface area contributed by atoms with Crippen LogP contribution in [0.2, 0.25) is 0 Å². The van der Waals surface area contributed by atoms with Crippen LogP contribution in [0.5, 0.6) is 0 Å². The van der Waals surface area contributed by atoms with Crippen molar-refractivity contribution in [2.75, 3.05) is 26.4 Å². The van der Waals surface area contributed by atoms with Crippen molar-refractivity contribution in [3.8, 4) is 0 Å². The minimum absolute atomic E-state index is 0.0904. The molecule has 5 aliphatic carbocycles. The van der Waals surface area contributed by atoms with Crippen LogP contribution in [-0.2, 0) is 52.3 Å². The van der Waals surface area contributed by atoms with Gasteiger partial charge in [0, 0.05) is 17.9 Å². The molecule has 24 nitrogen and oxygen atoms in total. The van der Waals surface area contributed by atoms with E-state index in [-0.39, 0.29) is 31.3 Å². The molecule has 7 fully saturated rings. The second kappa shape index (κ2) is 22.6. The number of fused-ring (bicyclic) bond motifs is 7. The van der Waals surface area contributed by atoms with Crippen molar-refractivity contribution < 1.29 is 119 Å². The van der Waals surface area contributed by atoms with Crippen molar-refractivity contribution in [2.45, 2.75) is 224 Å². The number of esters is 2. The number of carboxylic acids is 1. The van der Waals surface area contributed by atoms with Crippen molar-refractivity contribution in [3.05, 3.63) is 23.3 Å². The number of aliphatic hydroxyl groups excluding tert-OH is 12. The number of carbonyl (C=O) groups excluding carboxylic acids is 2. The molecule has 0 aromatic rings. The highest BCUT2D eigenvalue weighted by Crippen LogP contribution is 2.76. The first-order valence-corrected chi connectivity index (χ1v) is 27.7. The van der Waals surface area contributed by atoms with Gasteiger partial charge in [-0.15, -0.1) is 0 Å². The molecular weight excluding hydrogens is 1040 g/mol. The highest BCUT2D eigenvalue weighted by atomic mass is 16.8. The molecule has 0 spiro atoms. The Hall–Kier alpha value is -2.83. The quantitative estimate of drug-likeness (QED) is 0.0415. The average Bonchev–Trinajstić information content (AvgIpc) is 1.72. The molecule has 3 aliphatic heterocycles. The lowest BCUT2D eigenvalue weighted by Crippen LogP contribution is -2.72. The van der Waals surface area contributed by atoms with E-state index in [9.17, 15) is 80.8 Å². The third-order valence-electron chi connectivity index (χ3n) is 21.1. The summed E-state index contributed by atoms with van der Waals surface area (Å²) in [5.41, 5.74) is -3.85. The highest BCUT2D eigenvalue weighted by Gasteiger charge is 2.74. The van der Waals surface area contributed by atoms with Crippen LogP contribution in [0, 0.1) is 50.2 Å². The number of allylic oxidation sites excluding steroid dienone is 3. The van der Waals surface area contributed by atoms with E-state index in [0.29, 0.717) is 37.7 Å². The molecule has 0 aromatic carbocycles. The van der Waals surface area contributed by atoms with Crippen LogP contribution >= 0.6 is 0 Å². The summed E-state index contributed by atoms with van der Waals surface area (Å²) in [6.07, 6.45) is -26.8. The number of carboxylic acid groups (broad SMARTS) is 1. The van der Waals surface area contributed by atoms with E-state index in [1.54, 1.807) is 19.9 Å². The van der Waals surface area contributed by atoms with E-state index in [2.05, 4.69) is 26.8 Å². The second-order valence-corrected chi connectivity index (χ2v) is 25.6. The average molecular weight is 1130 g/mol. The summed E-state index contributed by atoms with van der Waals surface area (Å²) >= 11 is 0. The molecule has 0 bridgehead atoms. The van der Waals surface area contributed by atoms with E-state index in [1.807, 2.05) is 20.8 Å². The van der Waals surface area contributed by atoms with Gasteiger partial charge in [0.1, 0.15) is 79.9 Å². The van der Waals surface area contributed by atoms with Crippen molar-refractivity contribution in [2.24, 2.45) is 50.2 Å². The third kappa shape index (κ3) is 10.0. The lowest BCUT2D eigenvalue weighted by molar-refractivity contribution is -0.392. The zero-order valence-electron chi connectivity index (χ0n) is 46.4. The van der Waals surface area contributed by atoms with Crippen LogP contribution in [0.15, 0.2) is 23.3 Å².